The predicted octanol–water partition coefficient (Wildman–Crippen LogP) is 1.94. The molecule has 0 heterocycles. The lowest BCUT2D eigenvalue weighted by Gasteiger charge is -2.35. The van der Waals surface area contributed by atoms with Crippen LogP contribution in [0, 0.1) is 23.2 Å². The maximum atomic E-state index is 12.6. The van der Waals surface area contributed by atoms with Crippen LogP contribution in [-0.2, 0) is 14.4 Å². The molecule has 0 spiro atoms. The first kappa shape index (κ1) is 22.4. The Kier molecular flexibility index (Phi) is 8.06. The van der Waals surface area contributed by atoms with E-state index in [1.54, 1.807) is 0 Å². The number of nitrogens with one attached hydrogen (secondary N) is 2. The van der Waals surface area contributed by atoms with E-state index in [1.165, 1.54) is 7.05 Å². The van der Waals surface area contributed by atoms with Gasteiger partial charge in [-0.1, -0.05) is 41.0 Å². The second-order valence-electron chi connectivity index (χ2n) is 8.80. The predicted molar refractivity (Wildman–Crippen MR) is 99.2 cm³/mol. The fourth-order valence-electron chi connectivity index (χ4n) is 3.16. The van der Waals surface area contributed by atoms with Gasteiger partial charge in [0.05, 0.1) is 12.5 Å². The van der Waals surface area contributed by atoms with Crippen LogP contribution in [0.25, 0.3) is 0 Å². The summed E-state index contributed by atoms with van der Waals surface area (Å²) < 4.78 is 0. The molecule has 1 aliphatic rings. The summed E-state index contributed by atoms with van der Waals surface area (Å²) in [4.78, 5) is 37.3. The van der Waals surface area contributed by atoms with Crippen LogP contribution in [0.2, 0.25) is 0 Å². The monoisotopic (exact) mass is 369 g/mol. The van der Waals surface area contributed by atoms with E-state index in [2.05, 4.69) is 10.6 Å². The van der Waals surface area contributed by atoms with E-state index in [1.807, 2.05) is 34.6 Å². The molecule has 0 aromatic rings. The van der Waals surface area contributed by atoms with Crippen molar-refractivity contribution in [2.45, 2.75) is 66.3 Å². The van der Waals surface area contributed by atoms with Gasteiger partial charge in [0.25, 0.3) is 0 Å². The van der Waals surface area contributed by atoms with Crippen LogP contribution in [0.5, 0.6) is 0 Å². The van der Waals surface area contributed by atoms with Crippen molar-refractivity contribution < 1.29 is 19.6 Å². The van der Waals surface area contributed by atoms with E-state index in [0.29, 0.717) is 0 Å². The maximum Gasteiger partial charge on any atom is 0.249 e. The average Bonchev–Trinajstić information content (AvgIpc) is 2.46. The van der Waals surface area contributed by atoms with Gasteiger partial charge in [0.1, 0.15) is 6.04 Å². The summed E-state index contributed by atoms with van der Waals surface area (Å²) in [6, 6.07) is -0.682. The standard InChI is InChI=1S/C19H35N3O4/c1-12(2)11-22(26)18(25)14(13-8-7-9-13)10-15(23)21-16(17(24)20-6)19(3,4)5/h12-14,16,26H,7-11H2,1-6H3,(H,20,24)(H,21,23)/t14-,16?/m0/s1. The number of hydroxylamine groups is 2. The van der Waals surface area contributed by atoms with Crippen molar-refractivity contribution in [1.82, 2.24) is 15.7 Å². The minimum Gasteiger partial charge on any atom is -0.357 e. The minimum atomic E-state index is -0.682. The quantitative estimate of drug-likeness (QED) is 0.450. The molecule has 7 nitrogen and oxygen atoms in total. The Morgan fingerprint density at radius 2 is 1.77 bits per heavy atom. The minimum absolute atomic E-state index is 0.0117. The molecule has 26 heavy (non-hydrogen) atoms. The number of amides is 3. The van der Waals surface area contributed by atoms with Crippen molar-refractivity contribution in [3.8, 4) is 0 Å². The molecule has 0 aliphatic heterocycles. The molecule has 3 amide bonds. The van der Waals surface area contributed by atoms with Crippen LogP contribution in [-0.4, -0.2) is 47.6 Å². The van der Waals surface area contributed by atoms with Crippen molar-refractivity contribution >= 4 is 17.7 Å². The van der Waals surface area contributed by atoms with Gasteiger partial charge in [0.2, 0.25) is 17.7 Å². The Hall–Kier alpha value is -1.63. The van der Waals surface area contributed by atoms with E-state index in [4.69, 9.17) is 0 Å². The molecule has 1 unspecified atom stereocenters. The van der Waals surface area contributed by atoms with Crippen LogP contribution >= 0.6 is 0 Å². The molecule has 3 N–H and O–H groups in total. The summed E-state index contributed by atoms with van der Waals surface area (Å²) in [6.07, 6.45) is 2.80. The molecule has 0 saturated heterocycles. The van der Waals surface area contributed by atoms with Gasteiger partial charge in [0.15, 0.2) is 0 Å². The first-order chi connectivity index (χ1) is 12.0. The summed E-state index contributed by atoms with van der Waals surface area (Å²) in [6.45, 7) is 9.70. The summed E-state index contributed by atoms with van der Waals surface area (Å²) in [5.74, 6) is -1.29. The smallest absolute Gasteiger partial charge is 0.249 e. The largest absolute Gasteiger partial charge is 0.357 e. The van der Waals surface area contributed by atoms with Gasteiger partial charge in [-0.3, -0.25) is 19.6 Å². The Bertz CT molecular complexity index is 509. The van der Waals surface area contributed by atoms with Gasteiger partial charge in [0, 0.05) is 13.5 Å². The number of likely N-dealkylation sites (N-methyl/N-ethyl adjacent to an activating group) is 1. The third-order valence-corrected chi connectivity index (χ3v) is 4.91. The number of carbonyl (C=O) groups is 3. The van der Waals surface area contributed by atoms with Crippen molar-refractivity contribution in [2.75, 3.05) is 13.6 Å². The van der Waals surface area contributed by atoms with Crippen LogP contribution in [0.3, 0.4) is 0 Å². The highest BCUT2D eigenvalue weighted by atomic mass is 16.5. The zero-order valence-corrected chi connectivity index (χ0v) is 17.0. The SMILES string of the molecule is CNC(=O)C(NC(=O)C[C@H](C(=O)N(O)CC(C)C)C1CCC1)C(C)(C)C. The molecule has 0 aromatic carbocycles. The van der Waals surface area contributed by atoms with Crippen molar-refractivity contribution in [3.63, 3.8) is 0 Å². The normalized spacial score (nSPS) is 17.2. The summed E-state index contributed by atoms with van der Waals surface area (Å²) in [5, 5.41) is 16.2. The Balaban J connectivity index is 2.82. The molecule has 1 fully saturated rings. The van der Waals surface area contributed by atoms with Crippen LogP contribution < -0.4 is 10.6 Å². The summed E-state index contributed by atoms with van der Waals surface area (Å²) >= 11 is 0. The van der Waals surface area contributed by atoms with Gasteiger partial charge in [-0.25, -0.2) is 5.06 Å². The molecule has 0 radical (unpaired) electrons. The number of hydrogen-bond donors (Lipinski definition) is 3. The number of hydrogen-bond acceptors (Lipinski definition) is 4. The van der Waals surface area contributed by atoms with Crippen molar-refractivity contribution in [1.29, 1.82) is 0 Å². The molecule has 150 valence electrons. The highest BCUT2D eigenvalue weighted by Gasteiger charge is 2.38. The molecular formula is C19H35N3O4. The summed E-state index contributed by atoms with van der Waals surface area (Å²) in [7, 11) is 1.53. The van der Waals surface area contributed by atoms with Crippen LogP contribution in [0.1, 0.15) is 60.3 Å². The molecule has 0 bridgehead atoms. The van der Waals surface area contributed by atoms with Gasteiger partial charge < -0.3 is 10.6 Å². The fraction of sp³-hybridized carbons (Fsp3) is 0.842. The van der Waals surface area contributed by atoms with Crippen LogP contribution in [0.4, 0.5) is 0 Å². The molecule has 1 saturated carbocycles. The lowest BCUT2D eigenvalue weighted by atomic mass is 9.73. The molecule has 0 aromatic heterocycles. The highest BCUT2D eigenvalue weighted by molar-refractivity contribution is 5.90. The Labute approximate surface area is 156 Å². The lowest BCUT2D eigenvalue weighted by molar-refractivity contribution is -0.176. The molecule has 2 atom stereocenters. The van der Waals surface area contributed by atoms with Crippen molar-refractivity contribution in [3.05, 3.63) is 0 Å². The maximum absolute atomic E-state index is 12.6. The van der Waals surface area contributed by atoms with Gasteiger partial charge in [-0.15, -0.1) is 0 Å². The zero-order chi connectivity index (χ0) is 20.1. The Morgan fingerprint density at radius 3 is 2.15 bits per heavy atom. The molecule has 1 aliphatic carbocycles. The van der Waals surface area contributed by atoms with Gasteiger partial charge >= 0.3 is 0 Å². The first-order valence-electron chi connectivity index (χ1n) is 9.48. The molecular weight excluding hydrogens is 334 g/mol. The third kappa shape index (κ3) is 6.27. The first-order valence-corrected chi connectivity index (χ1v) is 9.48. The van der Waals surface area contributed by atoms with Crippen molar-refractivity contribution in [2.24, 2.45) is 23.2 Å². The summed E-state index contributed by atoms with van der Waals surface area (Å²) in [5.41, 5.74) is -0.452. The molecule has 1 rings (SSSR count). The fourth-order valence-corrected chi connectivity index (χ4v) is 3.16. The van der Waals surface area contributed by atoms with Gasteiger partial charge in [-0.05, 0) is 30.1 Å². The third-order valence-electron chi connectivity index (χ3n) is 4.91. The number of rotatable bonds is 8. The number of nitrogens with zero attached hydrogens (tertiary/aromatic N) is 1. The van der Waals surface area contributed by atoms with Crippen LogP contribution in [0.15, 0.2) is 0 Å². The lowest BCUT2D eigenvalue weighted by Crippen LogP contribution is -2.53. The van der Waals surface area contributed by atoms with E-state index in [9.17, 15) is 19.6 Å². The van der Waals surface area contributed by atoms with E-state index >= 15 is 0 Å². The number of carbonyl (C=O) groups excluding carboxylic acids is 3. The second-order valence-corrected chi connectivity index (χ2v) is 8.80. The topological polar surface area (TPSA) is 98.7 Å². The van der Waals surface area contributed by atoms with E-state index < -0.39 is 23.3 Å². The van der Waals surface area contributed by atoms with E-state index in [-0.39, 0.29) is 36.6 Å². The molecule has 7 heteroatoms. The average molecular weight is 370 g/mol. The second kappa shape index (κ2) is 9.35. The van der Waals surface area contributed by atoms with Gasteiger partial charge in [-0.2, -0.15) is 0 Å². The Morgan fingerprint density at radius 1 is 1.19 bits per heavy atom. The zero-order valence-electron chi connectivity index (χ0n) is 17.0. The van der Waals surface area contributed by atoms with E-state index in [0.717, 1.165) is 24.3 Å². The highest BCUT2D eigenvalue weighted by Crippen LogP contribution is 2.36.